The Kier molecular flexibility index (Phi) is 4.62. The molecule has 0 radical (unpaired) electrons. The standard InChI is InChI=1S/C17H20ClN/c1-4-19-11-15-10-14(6-8-17(15)18)16-7-5-12(2)9-13(16)3/h5-10,19H,4,11H2,1-3H3. The first-order valence-electron chi connectivity index (χ1n) is 6.68. The van der Waals surface area contributed by atoms with Crippen LogP contribution in [0.15, 0.2) is 36.4 Å². The molecular weight excluding hydrogens is 254 g/mol. The molecule has 2 rings (SSSR count). The van der Waals surface area contributed by atoms with Crippen LogP contribution in [0.1, 0.15) is 23.6 Å². The van der Waals surface area contributed by atoms with E-state index in [1.807, 2.05) is 6.07 Å². The number of halogens is 1. The highest BCUT2D eigenvalue weighted by Crippen LogP contribution is 2.28. The van der Waals surface area contributed by atoms with Gasteiger partial charge in [-0.2, -0.15) is 0 Å². The Hall–Kier alpha value is -1.31. The zero-order valence-corrected chi connectivity index (χ0v) is 12.5. The summed E-state index contributed by atoms with van der Waals surface area (Å²) in [5, 5.41) is 4.15. The van der Waals surface area contributed by atoms with Crippen LogP contribution in [0, 0.1) is 13.8 Å². The van der Waals surface area contributed by atoms with Crippen molar-refractivity contribution in [2.45, 2.75) is 27.3 Å². The van der Waals surface area contributed by atoms with Gasteiger partial charge in [-0.15, -0.1) is 0 Å². The lowest BCUT2D eigenvalue weighted by molar-refractivity contribution is 0.727. The fourth-order valence-corrected chi connectivity index (χ4v) is 2.46. The molecule has 0 saturated carbocycles. The zero-order valence-electron chi connectivity index (χ0n) is 11.8. The van der Waals surface area contributed by atoms with E-state index in [2.05, 4.69) is 56.4 Å². The molecule has 0 heterocycles. The molecule has 0 aromatic heterocycles. The molecule has 0 aliphatic heterocycles. The second kappa shape index (κ2) is 6.23. The van der Waals surface area contributed by atoms with Crippen LogP contribution in [0.4, 0.5) is 0 Å². The summed E-state index contributed by atoms with van der Waals surface area (Å²) < 4.78 is 0. The maximum atomic E-state index is 6.24. The Labute approximate surface area is 120 Å². The normalized spacial score (nSPS) is 10.7. The number of hydrogen-bond acceptors (Lipinski definition) is 1. The van der Waals surface area contributed by atoms with E-state index in [4.69, 9.17) is 11.6 Å². The van der Waals surface area contributed by atoms with Crippen molar-refractivity contribution < 1.29 is 0 Å². The summed E-state index contributed by atoms with van der Waals surface area (Å²) in [6, 6.07) is 12.8. The van der Waals surface area contributed by atoms with Crippen molar-refractivity contribution in [3.05, 3.63) is 58.1 Å². The van der Waals surface area contributed by atoms with E-state index in [0.29, 0.717) is 0 Å². The fourth-order valence-electron chi connectivity index (χ4n) is 2.27. The minimum atomic E-state index is 0.814. The van der Waals surface area contributed by atoms with Crippen LogP contribution in [0.25, 0.3) is 11.1 Å². The minimum absolute atomic E-state index is 0.814. The van der Waals surface area contributed by atoms with Crippen molar-refractivity contribution in [2.75, 3.05) is 6.54 Å². The van der Waals surface area contributed by atoms with Gasteiger partial charge in [-0.3, -0.25) is 0 Å². The topological polar surface area (TPSA) is 12.0 Å². The van der Waals surface area contributed by atoms with E-state index in [-0.39, 0.29) is 0 Å². The summed E-state index contributed by atoms with van der Waals surface area (Å²) in [5.74, 6) is 0. The molecule has 19 heavy (non-hydrogen) atoms. The molecule has 2 aromatic rings. The largest absolute Gasteiger partial charge is 0.313 e. The summed E-state index contributed by atoms with van der Waals surface area (Å²) in [5.41, 5.74) is 6.26. The maximum Gasteiger partial charge on any atom is 0.0451 e. The van der Waals surface area contributed by atoms with Gasteiger partial charge in [-0.05, 0) is 54.8 Å². The maximum absolute atomic E-state index is 6.24. The van der Waals surface area contributed by atoms with Crippen LogP contribution in [0.5, 0.6) is 0 Å². The molecule has 0 spiro atoms. The van der Waals surface area contributed by atoms with E-state index >= 15 is 0 Å². The van der Waals surface area contributed by atoms with E-state index in [1.54, 1.807) is 0 Å². The summed E-state index contributed by atoms with van der Waals surface area (Å²) in [6.07, 6.45) is 0. The summed E-state index contributed by atoms with van der Waals surface area (Å²) in [7, 11) is 0. The van der Waals surface area contributed by atoms with Gasteiger partial charge in [0.15, 0.2) is 0 Å². The lowest BCUT2D eigenvalue weighted by atomic mass is 9.97. The van der Waals surface area contributed by atoms with Crippen molar-refractivity contribution in [3.8, 4) is 11.1 Å². The van der Waals surface area contributed by atoms with Gasteiger partial charge in [0.1, 0.15) is 0 Å². The molecule has 100 valence electrons. The molecule has 0 fully saturated rings. The SMILES string of the molecule is CCNCc1cc(-c2ccc(C)cc2C)ccc1Cl. The van der Waals surface area contributed by atoms with Gasteiger partial charge >= 0.3 is 0 Å². The first-order chi connectivity index (χ1) is 9.11. The van der Waals surface area contributed by atoms with Gasteiger partial charge in [-0.25, -0.2) is 0 Å². The predicted molar refractivity (Wildman–Crippen MR) is 83.7 cm³/mol. The van der Waals surface area contributed by atoms with E-state index < -0.39 is 0 Å². The average molecular weight is 274 g/mol. The van der Waals surface area contributed by atoms with E-state index in [9.17, 15) is 0 Å². The first kappa shape index (κ1) is 14.1. The highest BCUT2D eigenvalue weighted by atomic mass is 35.5. The van der Waals surface area contributed by atoms with Gasteiger partial charge in [0, 0.05) is 11.6 Å². The van der Waals surface area contributed by atoms with Crippen LogP contribution < -0.4 is 5.32 Å². The molecule has 0 aliphatic rings. The third-order valence-corrected chi connectivity index (χ3v) is 3.67. The van der Waals surface area contributed by atoms with Gasteiger partial charge in [-0.1, -0.05) is 48.4 Å². The second-order valence-corrected chi connectivity index (χ2v) is 5.31. The Balaban J connectivity index is 2.39. The highest BCUT2D eigenvalue weighted by molar-refractivity contribution is 6.31. The molecule has 1 N–H and O–H groups in total. The predicted octanol–water partition coefficient (Wildman–Crippen LogP) is 4.73. The molecule has 0 atom stereocenters. The van der Waals surface area contributed by atoms with Crippen LogP contribution >= 0.6 is 11.6 Å². The number of benzene rings is 2. The number of nitrogens with one attached hydrogen (secondary N) is 1. The molecule has 0 unspecified atom stereocenters. The van der Waals surface area contributed by atoms with Gasteiger partial charge in [0.05, 0.1) is 0 Å². The quantitative estimate of drug-likeness (QED) is 0.849. The number of aryl methyl sites for hydroxylation is 2. The smallest absolute Gasteiger partial charge is 0.0451 e. The minimum Gasteiger partial charge on any atom is -0.313 e. The summed E-state index contributed by atoms with van der Waals surface area (Å²) >= 11 is 6.24. The lowest BCUT2D eigenvalue weighted by Crippen LogP contribution is -2.12. The van der Waals surface area contributed by atoms with E-state index in [0.717, 1.165) is 23.7 Å². The van der Waals surface area contributed by atoms with Crippen molar-refractivity contribution in [1.29, 1.82) is 0 Å². The van der Waals surface area contributed by atoms with Crippen LogP contribution in [0.3, 0.4) is 0 Å². The Morgan fingerprint density at radius 3 is 2.53 bits per heavy atom. The molecule has 0 bridgehead atoms. The summed E-state index contributed by atoms with van der Waals surface area (Å²) in [6.45, 7) is 8.14. The average Bonchev–Trinajstić information content (AvgIpc) is 2.38. The van der Waals surface area contributed by atoms with Crippen molar-refractivity contribution in [2.24, 2.45) is 0 Å². The molecule has 2 aromatic carbocycles. The molecule has 0 saturated heterocycles. The van der Waals surface area contributed by atoms with Crippen LogP contribution in [0.2, 0.25) is 5.02 Å². The lowest BCUT2D eigenvalue weighted by Gasteiger charge is -2.11. The second-order valence-electron chi connectivity index (χ2n) is 4.90. The summed E-state index contributed by atoms with van der Waals surface area (Å²) in [4.78, 5) is 0. The Bertz CT molecular complexity index is 575. The van der Waals surface area contributed by atoms with Crippen molar-refractivity contribution >= 4 is 11.6 Å². The number of rotatable bonds is 4. The Morgan fingerprint density at radius 2 is 1.84 bits per heavy atom. The van der Waals surface area contributed by atoms with Gasteiger partial charge in [0.2, 0.25) is 0 Å². The van der Waals surface area contributed by atoms with Crippen molar-refractivity contribution in [3.63, 3.8) is 0 Å². The van der Waals surface area contributed by atoms with Gasteiger partial charge < -0.3 is 5.32 Å². The van der Waals surface area contributed by atoms with Crippen molar-refractivity contribution in [1.82, 2.24) is 5.32 Å². The zero-order chi connectivity index (χ0) is 13.8. The van der Waals surface area contributed by atoms with E-state index in [1.165, 1.54) is 22.3 Å². The number of hydrogen-bond donors (Lipinski definition) is 1. The molecule has 1 nitrogen and oxygen atoms in total. The van der Waals surface area contributed by atoms with Crippen LogP contribution in [-0.4, -0.2) is 6.54 Å². The van der Waals surface area contributed by atoms with Gasteiger partial charge in [0.25, 0.3) is 0 Å². The third-order valence-electron chi connectivity index (χ3n) is 3.30. The molecule has 2 heteroatoms. The van der Waals surface area contributed by atoms with Crippen LogP contribution in [-0.2, 0) is 6.54 Å². The monoisotopic (exact) mass is 273 g/mol. The Morgan fingerprint density at radius 1 is 1.05 bits per heavy atom. The third kappa shape index (κ3) is 3.37. The molecule has 0 amide bonds. The molecule has 0 aliphatic carbocycles. The molecular formula is C17H20ClN. The first-order valence-corrected chi connectivity index (χ1v) is 7.06. The fraction of sp³-hybridized carbons (Fsp3) is 0.294. The highest BCUT2D eigenvalue weighted by Gasteiger charge is 2.06.